The van der Waals surface area contributed by atoms with E-state index in [2.05, 4.69) is 34.5 Å². The minimum Gasteiger partial charge on any atom is -0.493 e. The summed E-state index contributed by atoms with van der Waals surface area (Å²) in [7, 11) is 3.13. The van der Waals surface area contributed by atoms with Gasteiger partial charge in [0.2, 0.25) is 5.91 Å². The number of aromatic nitrogens is 2. The minimum absolute atomic E-state index is 0.0800. The van der Waals surface area contributed by atoms with Crippen LogP contribution in [-0.2, 0) is 17.8 Å². The van der Waals surface area contributed by atoms with Crippen molar-refractivity contribution in [1.29, 1.82) is 0 Å². The van der Waals surface area contributed by atoms with E-state index in [1.54, 1.807) is 32.5 Å². The standard InChI is InChI=1S/C17H27N3O3.C12H13N3O2/c1-11(2)8-12(3)19-17(18)20-16(21)10-13-6-7-14(22-4)15(9-13)23-5;1-9-13-5-6-15(9)11-4-2-3-10(7-11)8-14-12(16)17/h6-7,9,11-12H,8,10H2,1-5H3,(H3,18,19,20,21);2-7,14H,8H2,1H3,(H,16,17)/t12-;/m1./s1. The van der Waals surface area contributed by atoms with Crippen molar-refractivity contribution in [2.75, 3.05) is 14.2 Å². The summed E-state index contributed by atoms with van der Waals surface area (Å²) in [6.07, 6.45) is 3.70. The number of hydrogen-bond acceptors (Lipinski definition) is 6. The van der Waals surface area contributed by atoms with Crippen LogP contribution in [0.15, 0.2) is 59.9 Å². The SMILES string of the molecule is COc1ccc(CC(=O)NC(N)=N[C@H](C)CC(C)C)cc1OC.Cc1nccn1-c1cccc(CNC(=O)O)c1. The average molecular weight is 553 g/mol. The first-order valence-corrected chi connectivity index (χ1v) is 12.9. The summed E-state index contributed by atoms with van der Waals surface area (Å²) in [5, 5.41) is 13.5. The quantitative estimate of drug-likeness (QED) is 0.218. The summed E-state index contributed by atoms with van der Waals surface area (Å²) < 4.78 is 12.3. The van der Waals surface area contributed by atoms with Gasteiger partial charge in [0.05, 0.1) is 26.7 Å². The molecule has 0 aliphatic heterocycles. The third-order valence-corrected chi connectivity index (χ3v) is 5.71. The maximum absolute atomic E-state index is 12.0. The van der Waals surface area contributed by atoms with E-state index in [0.717, 1.165) is 29.1 Å². The molecule has 0 aliphatic rings. The number of carboxylic acid groups (broad SMARTS) is 1. The molecule has 0 saturated carbocycles. The zero-order chi connectivity index (χ0) is 29.7. The van der Waals surface area contributed by atoms with E-state index in [9.17, 15) is 9.59 Å². The molecule has 0 saturated heterocycles. The fourth-order valence-electron chi connectivity index (χ4n) is 4.01. The van der Waals surface area contributed by atoms with Crippen LogP contribution >= 0.6 is 0 Å². The predicted molar refractivity (Wildman–Crippen MR) is 155 cm³/mol. The Bertz CT molecular complexity index is 1290. The van der Waals surface area contributed by atoms with Crippen LogP contribution in [0.2, 0.25) is 0 Å². The largest absolute Gasteiger partial charge is 0.493 e. The van der Waals surface area contributed by atoms with Gasteiger partial charge in [0.15, 0.2) is 17.5 Å². The predicted octanol–water partition coefficient (Wildman–Crippen LogP) is 4.06. The van der Waals surface area contributed by atoms with Gasteiger partial charge in [-0.15, -0.1) is 0 Å². The van der Waals surface area contributed by atoms with Crippen molar-refractivity contribution in [3.63, 3.8) is 0 Å². The Morgan fingerprint density at radius 3 is 2.40 bits per heavy atom. The highest BCUT2D eigenvalue weighted by atomic mass is 16.5. The van der Waals surface area contributed by atoms with E-state index in [4.69, 9.17) is 20.3 Å². The Hall–Kier alpha value is -4.54. The van der Waals surface area contributed by atoms with Gasteiger partial charge < -0.3 is 30.2 Å². The molecule has 0 radical (unpaired) electrons. The number of ether oxygens (including phenoxy) is 2. The molecule has 1 aromatic heterocycles. The first-order chi connectivity index (χ1) is 19.0. The Balaban J connectivity index is 0.000000292. The molecule has 0 unspecified atom stereocenters. The van der Waals surface area contributed by atoms with Crippen molar-refractivity contribution >= 4 is 18.0 Å². The van der Waals surface area contributed by atoms with Crippen molar-refractivity contribution < 1.29 is 24.2 Å². The third-order valence-electron chi connectivity index (χ3n) is 5.71. The molecule has 11 nitrogen and oxygen atoms in total. The lowest BCUT2D eigenvalue weighted by atomic mass is 10.1. The third kappa shape index (κ3) is 10.7. The molecule has 3 aromatic rings. The van der Waals surface area contributed by atoms with Gasteiger partial charge in [-0.3, -0.25) is 15.1 Å². The van der Waals surface area contributed by atoms with E-state index in [1.165, 1.54) is 0 Å². The second kappa shape index (κ2) is 15.8. The van der Waals surface area contributed by atoms with Crippen molar-refractivity contribution in [2.24, 2.45) is 16.6 Å². The molecule has 2 amide bonds. The molecular weight excluding hydrogens is 512 g/mol. The Kier molecular flexibility index (Phi) is 12.5. The molecule has 216 valence electrons. The molecule has 1 atom stereocenters. The van der Waals surface area contributed by atoms with Crippen molar-refractivity contribution in [2.45, 2.75) is 53.1 Å². The molecule has 5 N–H and O–H groups in total. The van der Waals surface area contributed by atoms with Gasteiger partial charge in [-0.1, -0.05) is 32.0 Å². The monoisotopic (exact) mass is 552 g/mol. The summed E-state index contributed by atoms with van der Waals surface area (Å²) in [4.78, 5) is 30.9. The fourth-order valence-corrected chi connectivity index (χ4v) is 4.01. The molecule has 0 aliphatic carbocycles. The maximum Gasteiger partial charge on any atom is 0.404 e. The molecule has 0 spiro atoms. The number of guanidine groups is 1. The van der Waals surface area contributed by atoms with Crippen molar-refractivity contribution in [3.05, 3.63) is 71.8 Å². The number of methoxy groups -OCH3 is 2. The average Bonchev–Trinajstić information content (AvgIpc) is 3.33. The number of nitrogens with zero attached hydrogens (tertiary/aromatic N) is 3. The second-order valence-corrected chi connectivity index (χ2v) is 9.58. The highest BCUT2D eigenvalue weighted by Gasteiger charge is 2.10. The maximum atomic E-state index is 12.0. The highest BCUT2D eigenvalue weighted by Crippen LogP contribution is 2.27. The second-order valence-electron chi connectivity index (χ2n) is 9.58. The topological polar surface area (TPSA) is 153 Å². The Morgan fingerprint density at radius 1 is 1.07 bits per heavy atom. The molecule has 40 heavy (non-hydrogen) atoms. The molecule has 11 heteroatoms. The normalized spacial score (nSPS) is 11.7. The van der Waals surface area contributed by atoms with Crippen LogP contribution in [0.1, 0.15) is 44.1 Å². The lowest BCUT2D eigenvalue weighted by Gasteiger charge is -2.12. The summed E-state index contributed by atoms with van der Waals surface area (Å²) in [5.41, 5.74) is 8.48. The van der Waals surface area contributed by atoms with Crippen LogP contribution in [0.25, 0.3) is 5.69 Å². The lowest BCUT2D eigenvalue weighted by Crippen LogP contribution is -2.38. The van der Waals surface area contributed by atoms with Gasteiger partial charge in [0.25, 0.3) is 0 Å². The fraction of sp³-hybridized carbons (Fsp3) is 0.379. The number of hydrogen-bond donors (Lipinski definition) is 4. The molecule has 0 bridgehead atoms. The number of nitrogens with one attached hydrogen (secondary N) is 2. The van der Waals surface area contributed by atoms with Gasteiger partial charge in [0.1, 0.15) is 5.82 Å². The van der Waals surface area contributed by atoms with E-state index in [1.807, 2.05) is 54.9 Å². The summed E-state index contributed by atoms with van der Waals surface area (Å²) in [5.74, 6) is 2.58. The van der Waals surface area contributed by atoms with E-state index >= 15 is 0 Å². The number of rotatable bonds is 10. The van der Waals surface area contributed by atoms with Crippen LogP contribution in [0, 0.1) is 12.8 Å². The number of nitrogens with two attached hydrogens (primary N) is 1. The lowest BCUT2D eigenvalue weighted by molar-refractivity contribution is -0.119. The van der Waals surface area contributed by atoms with Crippen molar-refractivity contribution in [3.8, 4) is 17.2 Å². The van der Waals surface area contributed by atoms with Gasteiger partial charge >= 0.3 is 6.09 Å². The molecule has 2 aromatic carbocycles. The number of amides is 2. The van der Waals surface area contributed by atoms with Gasteiger partial charge in [-0.25, -0.2) is 9.78 Å². The summed E-state index contributed by atoms with van der Waals surface area (Å²) in [6, 6.07) is 13.1. The van der Waals surface area contributed by atoms with E-state index in [0.29, 0.717) is 24.0 Å². The first-order valence-electron chi connectivity index (χ1n) is 12.9. The van der Waals surface area contributed by atoms with Crippen LogP contribution in [0.4, 0.5) is 4.79 Å². The Labute approximate surface area is 235 Å². The number of aliphatic imine (C=N–C) groups is 1. The molecular formula is C29H40N6O5. The number of carbonyl (C=O) groups is 2. The summed E-state index contributed by atoms with van der Waals surface area (Å²) in [6.45, 7) is 8.45. The summed E-state index contributed by atoms with van der Waals surface area (Å²) >= 11 is 0. The minimum atomic E-state index is -1.02. The van der Waals surface area contributed by atoms with E-state index < -0.39 is 6.09 Å². The molecule has 3 rings (SSSR count). The van der Waals surface area contributed by atoms with Crippen LogP contribution in [0.3, 0.4) is 0 Å². The first kappa shape index (κ1) is 31.7. The number of aryl methyl sites for hydroxylation is 1. The zero-order valence-corrected chi connectivity index (χ0v) is 24.0. The number of carbonyl (C=O) groups excluding carboxylic acids is 1. The van der Waals surface area contributed by atoms with Crippen molar-refractivity contribution in [1.82, 2.24) is 20.2 Å². The number of benzene rings is 2. The van der Waals surface area contributed by atoms with Crippen LogP contribution < -0.4 is 25.8 Å². The van der Waals surface area contributed by atoms with Crippen LogP contribution in [-0.4, -0.2) is 52.9 Å². The molecule has 1 heterocycles. The molecule has 0 fully saturated rings. The van der Waals surface area contributed by atoms with Gasteiger partial charge in [-0.05, 0) is 61.6 Å². The zero-order valence-electron chi connectivity index (χ0n) is 24.0. The number of imidazole rings is 1. The van der Waals surface area contributed by atoms with Gasteiger partial charge in [-0.2, -0.15) is 0 Å². The smallest absolute Gasteiger partial charge is 0.404 e. The van der Waals surface area contributed by atoms with Gasteiger partial charge in [0, 0.05) is 24.6 Å². The highest BCUT2D eigenvalue weighted by molar-refractivity contribution is 5.97. The van der Waals surface area contributed by atoms with E-state index in [-0.39, 0.29) is 24.3 Å². The van der Waals surface area contributed by atoms with Crippen LogP contribution in [0.5, 0.6) is 11.5 Å². The Morgan fingerprint density at radius 2 is 1.80 bits per heavy atom.